The van der Waals surface area contributed by atoms with Gasteiger partial charge in [0.1, 0.15) is 0 Å². The van der Waals surface area contributed by atoms with E-state index in [1.54, 1.807) is 0 Å². The third-order valence-corrected chi connectivity index (χ3v) is 8.42. The second-order valence-corrected chi connectivity index (χ2v) is 11.0. The molecular weight excluding hydrogens is 508 g/mol. The fraction of sp³-hybridized carbons (Fsp3) is 0.0500. The summed E-state index contributed by atoms with van der Waals surface area (Å²) in [4.78, 5) is 10.1. The topological polar surface area (TPSA) is 25.8 Å². The minimum atomic E-state index is 0.155. The van der Waals surface area contributed by atoms with E-state index < -0.39 is 0 Å². The van der Waals surface area contributed by atoms with Gasteiger partial charge in [-0.15, -0.1) is 0 Å². The molecule has 0 spiro atoms. The van der Waals surface area contributed by atoms with E-state index in [1.807, 2.05) is 24.3 Å². The Kier molecular flexibility index (Phi) is 5.97. The molecule has 0 fully saturated rings. The standard InChI is InChI=1S/C40H28N2/c1-3-12-27(13-4-1)38-26-39(42-40(41-38)28-14-5-2-6-15-28)31-17-11-16-29(24-31)30-22-23-36-34-20-8-7-18-32(34)33-19-9-10-21-35(33)37(36)25-30/h1-23,25-26,31H,24H2. The molecule has 0 aliphatic heterocycles. The molecule has 0 radical (unpaired) electrons. The summed E-state index contributed by atoms with van der Waals surface area (Å²) in [7, 11) is 0. The molecule has 42 heavy (non-hydrogen) atoms. The Morgan fingerprint density at radius 3 is 1.71 bits per heavy atom. The van der Waals surface area contributed by atoms with E-state index in [4.69, 9.17) is 9.97 Å². The summed E-state index contributed by atoms with van der Waals surface area (Å²) in [6, 6.07) is 47.4. The fourth-order valence-corrected chi connectivity index (χ4v) is 6.33. The lowest BCUT2D eigenvalue weighted by atomic mass is 9.86. The first kappa shape index (κ1) is 24.5. The van der Waals surface area contributed by atoms with Gasteiger partial charge in [-0.2, -0.15) is 0 Å². The minimum absolute atomic E-state index is 0.155. The average molecular weight is 537 g/mol. The van der Waals surface area contributed by atoms with Crippen LogP contribution in [0.3, 0.4) is 0 Å². The van der Waals surface area contributed by atoms with Crippen molar-refractivity contribution in [2.24, 2.45) is 0 Å². The largest absolute Gasteiger partial charge is 0.232 e. The Labute approximate surface area is 245 Å². The van der Waals surface area contributed by atoms with Crippen LogP contribution in [0.1, 0.15) is 23.6 Å². The molecule has 0 bridgehead atoms. The molecule has 0 saturated carbocycles. The van der Waals surface area contributed by atoms with E-state index in [9.17, 15) is 0 Å². The van der Waals surface area contributed by atoms with Gasteiger partial charge in [0.2, 0.25) is 0 Å². The smallest absolute Gasteiger partial charge is 0.160 e. The number of aromatic nitrogens is 2. The number of hydrogen-bond acceptors (Lipinski definition) is 2. The van der Waals surface area contributed by atoms with E-state index in [2.05, 4.69) is 127 Å². The number of benzene rings is 6. The maximum atomic E-state index is 5.12. The van der Waals surface area contributed by atoms with Gasteiger partial charge in [0, 0.05) is 17.0 Å². The molecule has 1 atom stereocenters. The third-order valence-electron chi connectivity index (χ3n) is 8.42. The van der Waals surface area contributed by atoms with Crippen molar-refractivity contribution in [2.75, 3.05) is 0 Å². The molecule has 7 aromatic rings. The minimum Gasteiger partial charge on any atom is -0.232 e. The summed E-state index contributed by atoms with van der Waals surface area (Å²) >= 11 is 0. The van der Waals surface area contributed by atoms with Gasteiger partial charge in [0.15, 0.2) is 5.82 Å². The summed E-state index contributed by atoms with van der Waals surface area (Å²) in [6.45, 7) is 0. The second-order valence-electron chi connectivity index (χ2n) is 11.0. The highest BCUT2D eigenvalue weighted by Crippen LogP contribution is 2.39. The Balaban J connectivity index is 1.21. The van der Waals surface area contributed by atoms with Crippen LogP contribution >= 0.6 is 0 Å². The van der Waals surface area contributed by atoms with E-state index in [1.165, 1.54) is 43.5 Å². The zero-order chi connectivity index (χ0) is 27.9. The van der Waals surface area contributed by atoms with Gasteiger partial charge in [-0.25, -0.2) is 9.97 Å². The summed E-state index contributed by atoms with van der Waals surface area (Å²) in [6.07, 6.45) is 7.61. The predicted molar refractivity (Wildman–Crippen MR) is 176 cm³/mol. The average Bonchev–Trinajstić information content (AvgIpc) is 3.09. The molecule has 1 aliphatic carbocycles. The lowest BCUT2D eigenvalue weighted by Gasteiger charge is -2.20. The van der Waals surface area contributed by atoms with Crippen molar-refractivity contribution in [1.29, 1.82) is 0 Å². The normalized spacial score (nSPS) is 14.9. The number of nitrogens with zero attached hydrogens (tertiary/aromatic N) is 2. The van der Waals surface area contributed by atoms with Crippen molar-refractivity contribution in [3.05, 3.63) is 163 Å². The molecule has 1 aromatic heterocycles. The monoisotopic (exact) mass is 536 g/mol. The maximum absolute atomic E-state index is 5.12. The first-order valence-corrected chi connectivity index (χ1v) is 14.5. The summed E-state index contributed by atoms with van der Waals surface area (Å²) in [5.41, 5.74) is 6.71. The van der Waals surface area contributed by atoms with E-state index in [0.29, 0.717) is 0 Å². The first-order chi connectivity index (χ1) is 20.8. The quantitative estimate of drug-likeness (QED) is 0.209. The van der Waals surface area contributed by atoms with Crippen LogP contribution in [-0.4, -0.2) is 9.97 Å². The number of hydrogen-bond donors (Lipinski definition) is 0. The third kappa shape index (κ3) is 4.29. The van der Waals surface area contributed by atoms with Crippen LogP contribution in [0.5, 0.6) is 0 Å². The van der Waals surface area contributed by atoms with Crippen LogP contribution in [0.15, 0.2) is 152 Å². The summed E-state index contributed by atoms with van der Waals surface area (Å²) < 4.78 is 0. The van der Waals surface area contributed by atoms with Crippen molar-refractivity contribution < 1.29 is 0 Å². The van der Waals surface area contributed by atoms with Gasteiger partial charge >= 0.3 is 0 Å². The van der Waals surface area contributed by atoms with Crippen molar-refractivity contribution in [3.8, 4) is 22.6 Å². The Hall–Kier alpha value is -5.34. The SMILES string of the molecule is C1=CC(c2cc(-c3ccccc3)nc(-c3ccccc3)n2)CC(c2ccc3c4ccccc4c4ccccc4c3c2)=C1. The highest BCUT2D eigenvalue weighted by molar-refractivity contribution is 6.25. The van der Waals surface area contributed by atoms with Crippen molar-refractivity contribution in [2.45, 2.75) is 12.3 Å². The van der Waals surface area contributed by atoms with Crippen molar-refractivity contribution in [3.63, 3.8) is 0 Å². The molecular formula is C40H28N2. The zero-order valence-corrected chi connectivity index (χ0v) is 23.1. The number of rotatable bonds is 4. The molecule has 0 saturated heterocycles. The van der Waals surface area contributed by atoms with Crippen LogP contribution in [0, 0.1) is 0 Å². The van der Waals surface area contributed by atoms with Crippen molar-refractivity contribution >= 4 is 37.9 Å². The molecule has 2 heteroatoms. The molecule has 0 amide bonds. The van der Waals surface area contributed by atoms with E-state index in [-0.39, 0.29) is 5.92 Å². The van der Waals surface area contributed by atoms with Gasteiger partial charge in [-0.3, -0.25) is 0 Å². The predicted octanol–water partition coefficient (Wildman–Crippen LogP) is 10.4. The molecule has 0 N–H and O–H groups in total. The summed E-state index contributed by atoms with van der Waals surface area (Å²) in [5.74, 6) is 0.919. The molecule has 2 nitrogen and oxygen atoms in total. The van der Waals surface area contributed by atoms with Crippen LogP contribution in [0.4, 0.5) is 0 Å². The lowest BCUT2D eigenvalue weighted by Crippen LogP contribution is -2.06. The fourth-order valence-electron chi connectivity index (χ4n) is 6.33. The molecule has 1 heterocycles. The van der Waals surface area contributed by atoms with Gasteiger partial charge < -0.3 is 0 Å². The Morgan fingerprint density at radius 2 is 1.05 bits per heavy atom. The second kappa shape index (κ2) is 10.2. The van der Waals surface area contributed by atoms with Crippen LogP contribution in [-0.2, 0) is 0 Å². The molecule has 1 aliphatic rings. The Morgan fingerprint density at radius 1 is 0.476 bits per heavy atom. The Bertz CT molecular complexity index is 2070. The van der Waals surface area contributed by atoms with Crippen LogP contribution < -0.4 is 0 Å². The van der Waals surface area contributed by atoms with Crippen LogP contribution in [0.2, 0.25) is 0 Å². The van der Waals surface area contributed by atoms with Gasteiger partial charge in [0.25, 0.3) is 0 Å². The lowest BCUT2D eigenvalue weighted by molar-refractivity contribution is 0.823. The highest BCUT2D eigenvalue weighted by atomic mass is 14.9. The van der Waals surface area contributed by atoms with Gasteiger partial charge in [-0.05, 0) is 62.0 Å². The molecule has 1 unspecified atom stereocenters. The van der Waals surface area contributed by atoms with Crippen LogP contribution in [0.25, 0.3) is 60.5 Å². The first-order valence-electron chi connectivity index (χ1n) is 14.5. The summed E-state index contributed by atoms with van der Waals surface area (Å²) in [5, 5.41) is 7.81. The highest BCUT2D eigenvalue weighted by Gasteiger charge is 2.20. The van der Waals surface area contributed by atoms with E-state index >= 15 is 0 Å². The van der Waals surface area contributed by atoms with Gasteiger partial charge in [-0.1, -0.05) is 140 Å². The number of fused-ring (bicyclic) bond motifs is 6. The molecule has 6 aromatic carbocycles. The van der Waals surface area contributed by atoms with Gasteiger partial charge in [0.05, 0.1) is 11.4 Å². The molecule has 8 rings (SSSR count). The molecule has 198 valence electrons. The maximum Gasteiger partial charge on any atom is 0.160 e. The van der Waals surface area contributed by atoms with E-state index in [0.717, 1.165) is 34.8 Å². The number of allylic oxidation sites excluding steroid dienone is 4. The zero-order valence-electron chi connectivity index (χ0n) is 23.1. The van der Waals surface area contributed by atoms with Crippen molar-refractivity contribution in [1.82, 2.24) is 9.97 Å².